The Kier molecular flexibility index (Phi) is 3.05. The van der Waals surface area contributed by atoms with Crippen LogP contribution in [0.1, 0.15) is 0 Å². The first-order valence-corrected chi connectivity index (χ1v) is 6.56. The summed E-state index contributed by atoms with van der Waals surface area (Å²) in [5.74, 6) is 0.961. The molecule has 3 aromatic rings. The van der Waals surface area contributed by atoms with E-state index >= 15 is 0 Å². The molecular formula is C14H11BrN4. The number of nitrogens with two attached hydrogens (primary N) is 1. The van der Waals surface area contributed by atoms with Crippen molar-refractivity contribution in [3.8, 4) is 0 Å². The number of para-hydroxylation sites is 1. The topological polar surface area (TPSA) is 63.8 Å². The Balaban J connectivity index is 2.04. The van der Waals surface area contributed by atoms with Gasteiger partial charge >= 0.3 is 0 Å². The average molecular weight is 315 g/mol. The summed E-state index contributed by atoms with van der Waals surface area (Å²) in [6.07, 6.45) is 0. The summed E-state index contributed by atoms with van der Waals surface area (Å²) in [7, 11) is 0. The Labute approximate surface area is 118 Å². The van der Waals surface area contributed by atoms with Gasteiger partial charge in [0.25, 0.3) is 0 Å². The summed E-state index contributed by atoms with van der Waals surface area (Å²) in [4.78, 5) is 8.72. The molecule has 19 heavy (non-hydrogen) atoms. The maximum atomic E-state index is 5.97. The minimum Gasteiger partial charge on any atom is -0.383 e. The molecule has 0 radical (unpaired) electrons. The Morgan fingerprint density at radius 1 is 1.00 bits per heavy atom. The standard InChI is InChI=1S/C14H11BrN4/c15-9-6-7-12-11(8-9)13(16)19-14(18-12)17-10-4-2-1-3-5-10/h1-8H,(H3,16,17,18,19). The van der Waals surface area contributed by atoms with Crippen LogP contribution in [0.5, 0.6) is 0 Å². The SMILES string of the molecule is Nc1nc(Nc2ccccc2)nc2ccc(Br)cc12. The number of halogens is 1. The van der Waals surface area contributed by atoms with Crippen LogP contribution in [-0.2, 0) is 0 Å². The van der Waals surface area contributed by atoms with Crippen molar-refractivity contribution in [2.45, 2.75) is 0 Å². The zero-order chi connectivity index (χ0) is 13.2. The fraction of sp³-hybridized carbons (Fsp3) is 0. The van der Waals surface area contributed by atoms with E-state index in [-0.39, 0.29) is 0 Å². The first-order valence-electron chi connectivity index (χ1n) is 5.77. The van der Waals surface area contributed by atoms with Crippen LogP contribution in [0.2, 0.25) is 0 Å². The number of aromatic nitrogens is 2. The Bertz CT molecular complexity index is 728. The van der Waals surface area contributed by atoms with Crippen LogP contribution in [0.25, 0.3) is 10.9 Å². The number of fused-ring (bicyclic) bond motifs is 1. The van der Waals surface area contributed by atoms with Gasteiger partial charge in [-0.25, -0.2) is 4.98 Å². The number of nitrogens with zero attached hydrogens (tertiary/aromatic N) is 2. The van der Waals surface area contributed by atoms with E-state index in [0.717, 1.165) is 21.1 Å². The van der Waals surface area contributed by atoms with E-state index in [4.69, 9.17) is 5.73 Å². The van der Waals surface area contributed by atoms with Crippen LogP contribution in [0.15, 0.2) is 53.0 Å². The maximum absolute atomic E-state index is 5.97. The highest BCUT2D eigenvalue weighted by Crippen LogP contribution is 2.24. The lowest BCUT2D eigenvalue weighted by atomic mass is 10.2. The highest BCUT2D eigenvalue weighted by Gasteiger charge is 2.05. The van der Waals surface area contributed by atoms with Crippen LogP contribution < -0.4 is 11.1 Å². The number of nitrogens with one attached hydrogen (secondary N) is 1. The van der Waals surface area contributed by atoms with E-state index in [1.165, 1.54) is 0 Å². The van der Waals surface area contributed by atoms with Gasteiger partial charge in [0, 0.05) is 15.5 Å². The second-order valence-electron chi connectivity index (χ2n) is 4.08. The normalized spacial score (nSPS) is 10.6. The predicted octanol–water partition coefficient (Wildman–Crippen LogP) is 3.72. The number of anilines is 3. The van der Waals surface area contributed by atoms with Gasteiger partial charge in [-0.3, -0.25) is 0 Å². The first kappa shape index (κ1) is 11.9. The van der Waals surface area contributed by atoms with E-state index in [1.54, 1.807) is 0 Å². The average Bonchev–Trinajstić information content (AvgIpc) is 2.41. The molecule has 0 saturated carbocycles. The van der Waals surface area contributed by atoms with Gasteiger partial charge in [-0.2, -0.15) is 4.98 Å². The molecule has 0 bridgehead atoms. The van der Waals surface area contributed by atoms with E-state index < -0.39 is 0 Å². The van der Waals surface area contributed by atoms with Crippen LogP contribution in [-0.4, -0.2) is 9.97 Å². The molecule has 0 aliphatic heterocycles. The highest BCUT2D eigenvalue weighted by atomic mass is 79.9. The second kappa shape index (κ2) is 4.85. The molecule has 0 aliphatic carbocycles. The van der Waals surface area contributed by atoms with Crippen molar-refractivity contribution in [2.75, 3.05) is 11.1 Å². The molecule has 0 amide bonds. The lowest BCUT2D eigenvalue weighted by Gasteiger charge is -2.07. The van der Waals surface area contributed by atoms with Crippen molar-refractivity contribution in [3.05, 3.63) is 53.0 Å². The predicted molar refractivity (Wildman–Crippen MR) is 81.4 cm³/mol. The molecule has 4 nitrogen and oxygen atoms in total. The second-order valence-corrected chi connectivity index (χ2v) is 5.00. The van der Waals surface area contributed by atoms with Crippen molar-refractivity contribution in [1.82, 2.24) is 9.97 Å². The lowest BCUT2D eigenvalue weighted by Crippen LogP contribution is -2.01. The fourth-order valence-corrected chi connectivity index (χ4v) is 2.19. The number of nitrogen functional groups attached to an aromatic ring is 1. The zero-order valence-corrected chi connectivity index (χ0v) is 11.6. The van der Waals surface area contributed by atoms with Gasteiger partial charge in [0.1, 0.15) is 5.82 Å². The third-order valence-electron chi connectivity index (χ3n) is 2.72. The molecule has 0 atom stereocenters. The maximum Gasteiger partial charge on any atom is 0.229 e. The Hall–Kier alpha value is -2.14. The van der Waals surface area contributed by atoms with Gasteiger partial charge in [-0.05, 0) is 30.3 Å². The molecule has 1 heterocycles. The molecule has 1 aromatic heterocycles. The van der Waals surface area contributed by atoms with E-state index in [2.05, 4.69) is 31.2 Å². The molecule has 0 spiro atoms. The molecule has 3 rings (SSSR count). The highest BCUT2D eigenvalue weighted by molar-refractivity contribution is 9.10. The third kappa shape index (κ3) is 2.51. The number of hydrogen-bond acceptors (Lipinski definition) is 4. The van der Waals surface area contributed by atoms with Gasteiger partial charge in [0.2, 0.25) is 5.95 Å². The Morgan fingerprint density at radius 3 is 2.58 bits per heavy atom. The molecule has 2 aromatic carbocycles. The smallest absolute Gasteiger partial charge is 0.229 e. The summed E-state index contributed by atoms with van der Waals surface area (Å²) in [6.45, 7) is 0. The van der Waals surface area contributed by atoms with E-state index in [0.29, 0.717) is 11.8 Å². The first-order chi connectivity index (χ1) is 9.22. The van der Waals surface area contributed by atoms with Crippen LogP contribution in [0.3, 0.4) is 0 Å². The largest absolute Gasteiger partial charge is 0.383 e. The van der Waals surface area contributed by atoms with Gasteiger partial charge in [0.05, 0.1) is 5.52 Å². The zero-order valence-electron chi connectivity index (χ0n) is 9.97. The van der Waals surface area contributed by atoms with Gasteiger partial charge < -0.3 is 11.1 Å². The lowest BCUT2D eigenvalue weighted by molar-refractivity contribution is 1.22. The number of benzene rings is 2. The van der Waals surface area contributed by atoms with Crippen LogP contribution >= 0.6 is 15.9 Å². The van der Waals surface area contributed by atoms with Crippen LogP contribution in [0, 0.1) is 0 Å². The summed E-state index contributed by atoms with van der Waals surface area (Å²) in [5.41, 5.74) is 7.71. The number of hydrogen-bond donors (Lipinski definition) is 2. The summed E-state index contributed by atoms with van der Waals surface area (Å²) in [6, 6.07) is 15.5. The quantitative estimate of drug-likeness (QED) is 0.756. The van der Waals surface area contributed by atoms with Crippen molar-refractivity contribution >= 4 is 44.3 Å². The van der Waals surface area contributed by atoms with E-state index in [1.807, 2.05) is 48.5 Å². The molecular weight excluding hydrogens is 304 g/mol. The van der Waals surface area contributed by atoms with Crippen molar-refractivity contribution < 1.29 is 0 Å². The third-order valence-corrected chi connectivity index (χ3v) is 3.21. The molecule has 5 heteroatoms. The summed E-state index contributed by atoms with van der Waals surface area (Å²) in [5, 5.41) is 3.98. The Morgan fingerprint density at radius 2 is 1.79 bits per heavy atom. The number of rotatable bonds is 2. The molecule has 0 saturated heterocycles. The minimum absolute atomic E-state index is 0.463. The monoisotopic (exact) mass is 314 g/mol. The molecule has 0 fully saturated rings. The molecule has 94 valence electrons. The van der Waals surface area contributed by atoms with Gasteiger partial charge in [0.15, 0.2) is 0 Å². The molecule has 0 aliphatic rings. The van der Waals surface area contributed by atoms with Crippen molar-refractivity contribution in [1.29, 1.82) is 0 Å². The van der Waals surface area contributed by atoms with Gasteiger partial charge in [-0.1, -0.05) is 34.1 Å². The van der Waals surface area contributed by atoms with Crippen molar-refractivity contribution in [2.24, 2.45) is 0 Å². The minimum atomic E-state index is 0.463. The fourth-order valence-electron chi connectivity index (χ4n) is 1.83. The summed E-state index contributed by atoms with van der Waals surface area (Å²) < 4.78 is 0.957. The molecule has 0 unspecified atom stereocenters. The molecule has 3 N–H and O–H groups in total. The van der Waals surface area contributed by atoms with E-state index in [9.17, 15) is 0 Å². The van der Waals surface area contributed by atoms with Crippen LogP contribution in [0.4, 0.5) is 17.5 Å². The van der Waals surface area contributed by atoms with Crippen molar-refractivity contribution in [3.63, 3.8) is 0 Å². The van der Waals surface area contributed by atoms with Gasteiger partial charge in [-0.15, -0.1) is 0 Å². The summed E-state index contributed by atoms with van der Waals surface area (Å²) >= 11 is 3.41.